The molecule has 1 amide bonds. The number of anilines is 1. The second kappa shape index (κ2) is 9.21. The Morgan fingerprint density at radius 2 is 1.74 bits per heavy atom. The van der Waals surface area contributed by atoms with E-state index in [0.29, 0.717) is 6.54 Å². The summed E-state index contributed by atoms with van der Waals surface area (Å²) < 4.78 is 25.6. The van der Waals surface area contributed by atoms with Crippen molar-refractivity contribution in [3.05, 3.63) is 59.1 Å². The first-order valence-electron chi connectivity index (χ1n) is 8.50. The van der Waals surface area contributed by atoms with Gasteiger partial charge in [0, 0.05) is 39.9 Å². The van der Waals surface area contributed by atoms with E-state index in [1.165, 1.54) is 32.3 Å². The maximum absolute atomic E-state index is 12.4. The maximum atomic E-state index is 12.4. The highest BCUT2D eigenvalue weighted by Crippen LogP contribution is 2.22. The Balaban J connectivity index is 1.96. The van der Waals surface area contributed by atoms with Gasteiger partial charge in [0.1, 0.15) is 0 Å². The van der Waals surface area contributed by atoms with E-state index in [9.17, 15) is 13.2 Å². The number of para-hydroxylation sites is 1. The number of carbonyl (C=O) groups is 1. The summed E-state index contributed by atoms with van der Waals surface area (Å²) in [6, 6.07) is 14.1. The quantitative estimate of drug-likeness (QED) is 0.680. The Kier molecular flexibility index (Phi) is 7.24. The summed E-state index contributed by atoms with van der Waals surface area (Å²) in [7, 11) is 1.24. The van der Waals surface area contributed by atoms with Gasteiger partial charge in [-0.15, -0.1) is 0 Å². The van der Waals surface area contributed by atoms with Gasteiger partial charge in [0.15, 0.2) is 0 Å². The number of nitrogens with one attached hydrogen (secondary N) is 1. The number of halogens is 1. The second-order valence-electron chi connectivity index (χ2n) is 6.30. The van der Waals surface area contributed by atoms with Crippen LogP contribution < -0.4 is 10.2 Å². The SMILES string of the molecule is CN(CCCNC(=O)c1cc(S(=O)(=O)N(C)C)ccc1Cl)c1ccccc1. The number of sulfonamides is 1. The molecular formula is C19H24ClN3O3S. The highest BCUT2D eigenvalue weighted by Gasteiger charge is 2.20. The lowest BCUT2D eigenvalue weighted by Gasteiger charge is -2.19. The Morgan fingerprint density at radius 1 is 1.07 bits per heavy atom. The van der Waals surface area contributed by atoms with Gasteiger partial charge in [0.25, 0.3) is 5.91 Å². The van der Waals surface area contributed by atoms with Crippen LogP contribution in [0.1, 0.15) is 16.8 Å². The number of hydrogen-bond donors (Lipinski definition) is 1. The normalized spacial score (nSPS) is 11.4. The standard InChI is InChI=1S/C19H24ClN3O3S/c1-22(2)27(25,26)16-10-11-18(20)17(14-16)19(24)21-12-7-13-23(3)15-8-5-4-6-9-15/h4-6,8-11,14H,7,12-13H2,1-3H3,(H,21,24). The van der Waals surface area contributed by atoms with Gasteiger partial charge in [-0.1, -0.05) is 29.8 Å². The third-order valence-corrected chi connectivity index (χ3v) is 6.25. The van der Waals surface area contributed by atoms with Gasteiger partial charge in [0.05, 0.1) is 15.5 Å². The Hall–Kier alpha value is -2.09. The molecule has 146 valence electrons. The van der Waals surface area contributed by atoms with Crippen molar-refractivity contribution in [3.63, 3.8) is 0 Å². The van der Waals surface area contributed by atoms with Gasteiger partial charge in [-0.05, 0) is 36.8 Å². The van der Waals surface area contributed by atoms with Gasteiger partial charge in [-0.3, -0.25) is 4.79 Å². The van der Waals surface area contributed by atoms with Gasteiger partial charge < -0.3 is 10.2 Å². The molecule has 0 saturated carbocycles. The molecule has 2 aromatic rings. The fraction of sp³-hybridized carbons (Fsp3) is 0.316. The van der Waals surface area contributed by atoms with Crippen molar-refractivity contribution < 1.29 is 13.2 Å². The summed E-state index contributed by atoms with van der Waals surface area (Å²) in [5.41, 5.74) is 1.25. The van der Waals surface area contributed by atoms with Gasteiger partial charge in [-0.25, -0.2) is 12.7 Å². The molecule has 1 N–H and O–H groups in total. The fourth-order valence-electron chi connectivity index (χ4n) is 2.47. The van der Waals surface area contributed by atoms with Crippen molar-refractivity contribution in [1.29, 1.82) is 0 Å². The molecule has 0 aliphatic carbocycles. The van der Waals surface area contributed by atoms with Crippen LogP contribution in [-0.2, 0) is 10.0 Å². The third kappa shape index (κ3) is 5.45. The summed E-state index contributed by atoms with van der Waals surface area (Å²) in [4.78, 5) is 14.5. The molecule has 2 aromatic carbocycles. The van der Waals surface area contributed by atoms with Crippen LogP contribution >= 0.6 is 11.6 Å². The molecule has 0 saturated heterocycles. The predicted octanol–water partition coefficient (Wildman–Crippen LogP) is 2.85. The number of nitrogens with zero attached hydrogens (tertiary/aromatic N) is 2. The average Bonchev–Trinajstić information content (AvgIpc) is 2.65. The van der Waals surface area contributed by atoms with E-state index < -0.39 is 15.9 Å². The molecule has 2 rings (SSSR count). The Bertz CT molecular complexity index is 886. The first kappa shape index (κ1) is 21.2. The number of benzene rings is 2. The third-order valence-electron chi connectivity index (χ3n) is 4.11. The Morgan fingerprint density at radius 3 is 2.37 bits per heavy atom. The van der Waals surface area contributed by atoms with Crippen molar-refractivity contribution in [2.24, 2.45) is 0 Å². The van der Waals surface area contributed by atoms with Crippen molar-refractivity contribution in [3.8, 4) is 0 Å². The van der Waals surface area contributed by atoms with Crippen LogP contribution in [0.25, 0.3) is 0 Å². The fourth-order valence-corrected chi connectivity index (χ4v) is 3.61. The minimum Gasteiger partial charge on any atom is -0.375 e. The minimum absolute atomic E-state index is 0.0332. The number of rotatable bonds is 8. The largest absolute Gasteiger partial charge is 0.375 e. The average molecular weight is 410 g/mol. The van der Waals surface area contributed by atoms with Crippen LogP contribution in [0.4, 0.5) is 5.69 Å². The van der Waals surface area contributed by atoms with Crippen LogP contribution in [0, 0.1) is 0 Å². The van der Waals surface area contributed by atoms with Crippen molar-refractivity contribution in [2.75, 3.05) is 39.1 Å². The highest BCUT2D eigenvalue weighted by molar-refractivity contribution is 7.89. The van der Waals surface area contributed by atoms with E-state index in [1.807, 2.05) is 37.4 Å². The first-order chi connectivity index (χ1) is 12.7. The molecule has 0 atom stereocenters. The Labute approximate surface area is 165 Å². The van der Waals surface area contributed by atoms with Crippen LogP contribution in [0.2, 0.25) is 5.02 Å². The van der Waals surface area contributed by atoms with E-state index in [1.54, 1.807) is 0 Å². The molecule has 0 aromatic heterocycles. The van der Waals surface area contributed by atoms with Crippen molar-refractivity contribution in [1.82, 2.24) is 9.62 Å². The molecule has 8 heteroatoms. The maximum Gasteiger partial charge on any atom is 0.252 e. The van der Waals surface area contributed by atoms with Gasteiger partial charge >= 0.3 is 0 Å². The van der Waals surface area contributed by atoms with Crippen LogP contribution in [0.5, 0.6) is 0 Å². The highest BCUT2D eigenvalue weighted by atomic mass is 35.5. The summed E-state index contributed by atoms with van der Waals surface area (Å²) in [5.74, 6) is -0.391. The lowest BCUT2D eigenvalue weighted by atomic mass is 10.2. The molecule has 0 aliphatic rings. The molecule has 27 heavy (non-hydrogen) atoms. The minimum atomic E-state index is -3.63. The van der Waals surface area contributed by atoms with E-state index in [4.69, 9.17) is 11.6 Å². The lowest BCUT2D eigenvalue weighted by Crippen LogP contribution is -2.29. The van der Waals surface area contributed by atoms with Crippen molar-refractivity contribution in [2.45, 2.75) is 11.3 Å². The van der Waals surface area contributed by atoms with E-state index >= 15 is 0 Å². The molecular weight excluding hydrogens is 386 g/mol. The predicted molar refractivity (Wildman–Crippen MR) is 109 cm³/mol. The molecule has 0 bridgehead atoms. The smallest absolute Gasteiger partial charge is 0.252 e. The number of hydrogen-bond acceptors (Lipinski definition) is 4. The zero-order valence-corrected chi connectivity index (χ0v) is 17.2. The van der Waals surface area contributed by atoms with Crippen LogP contribution in [0.3, 0.4) is 0 Å². The monoisotopic (exact) mass is 409 g/mol. The van der Waals surface area contributed by atoms with Gasteiger partial charge in [0.2, 0.25) is 10.0 Å². The number of carbonyl (C=O) groups excluding carboxylic acids is 1. The molecule has 0 heterocycles. The summed E-state index contributed by atoms with van der Waals surface area (Å²) in [6.45, 7) is 1.23. The molecule has 0 radical (unpaired) electrons. The molecule has 0 unspecified atom stereocenters. The summed E-state index contributed by atoms with van der Waals surface area (Å²) in [6.07, 6.45) is 0.741. The topological polar surface area (TPSA) is 69.7 Å². The van der Waals surface area contributed by atoms with Gasteiger partial charge in [-0.2, -0.15) is 0 Å². The van der Waals surface area contributed by atoms with E-state index in [2.05, 4.69) is 10.2 Å². The first-order valence-corrected chi connectivity index (χ1v) is 10.3. The molecule has 0 fully saturated rings. The second-order valence-corrected chi connectivity index (χ2v) is 8.85. The van der Waals surface area contributed by atoms with Crippen molar-refractivity contribution >= 4 is 33.2 Å². The zero-order chi connectivity index (χ0) is 20.0. The molecule has 0 aliphatic heterocycles. The van der Waals surface area contributed by atoms with E-state index in [-0.39, 0.29) is 15.5 Å². The van der Waals surface area contributed by atoms with Crippen LogP contribution in [-0.4, -0.2) is 52.9 Å². The van der Waals surface area contributed by atoms with E-state index in [0.717, 1.165) is 23.0 Å². The number of amides is 1. The molecule has 6 nitrogen and oxygen atoms in total. The summed E-state index contributed by atoms with van der Waals surface area (Å²) in [5, 5.41) is 3.01. The zero-order valence-electron chi connectivity index (χ0n) is 15.6. The summed E-state index contributed by atoms with van der Waals surface area (Å²) >= 11 is 6.09. The lowest BCUT2D eigenvalue weighted by molar-refractivity contribution is 0.0953. The molecule has 0 spiro atoms. The van der Waals surface area contributed by atoms with Crippen LogP contribution in [0.15, 0.2) is 53.4 Å².